The predicted molar refractivity (Wildman–Crippen MR) is 116 cm³/mol. The lowest BCUT2D eigenvalue weighted by atomic mass is 9.88. The Kier molecular flexibility index (Phi) is 7.91. The normalized spacial score (nSPS) is 38.3. The fraction of sp³-hybridized carbons (Fsp3) is 0.708. The Hall–Kier alpha value is -1.47. The molecule has 3 fully saturated rings. The Morgan fingerprint density at radius 1 is 1.33 bits per heavy atom. The van der Waals surface area contributed by atoms with Crippen LogP contribution < -0.4 is 5.32 Å². The molecule has 1 amide bonds. The average molecular weight is 420 g/mol. The maximum Gasteiger partial charge on any atom is 0.244 e. The van der Waals surface area contributed by atoms with E-state index in [4.69, 9.17) is 14.2 Å². The first-order chi connectivity index (χ1) is 14.3. The molecule has 0 saturated carbocycles. The van der Waals surface area contributed by atoms with Crippen molar-refractivity contribution >= 4 is 5.91 Å². The number of nitrogens with one attached hydrogen (secondary N) is 1. The van der Waals surface area contributed by atoms with Gasteiger partial charge in [-0.15, -0.1) is 0 Å². The minimum Gasteiger partial charge on any atom is -0.389 e. The average Bonchev–Trinajstić information content (AvgIpc) is 3.44. The summed E-state index contributed by atoms with van der Waals surface area (Å²) in [6.07, 6.45) is 12.7. The Morgan fingerprint density at radius 2 is 2.10 bits per heavy atom. The summed E-state index contributed by atoms with van der Waals surface area (Å²) in [5.74, 6) is 0.153. The van der Waals surface area contributed by atoms with Crippen molar-refractivity contribution in [1.29, 1.82) is 0 Å². The van der Waals surface area contributed by atoms with Crippen molar-refractivity contribution in [3.63, 3.8) is 0 Å². The second kappa shape index (κ2) is 10.2. The first kappa shape index (κ1) is 23.2. The van der Waals surface area contributed by atoms with Crippen molar-refractivity contribution in [2.75, 3.05) is 13.2 Å². The molecule has 6 nitrogen and oxygen atoms in total. The highest BCUT2D eigenvalue weighted by Gasteiger charge is 2.48. The van der Waals surface area contributed by atoms with Gasteiger partial charge in [0.25, 0.3) is 0 Å². The summed E-state index contributed by atoms with van der Waals surface area (Å²) in [5.41, 5.74) is 1.31. The van der Waals surface area contributed by atoms with E-state index in [1.165, 1.54) is 17.7 Å². The molecular weight excluding hydrogens is 382 g/mol. The third-order valence-electron chi connectivity index (χ3n) is 6.33. The quantitative estimate of drug-likeness (QED) is 0.377. The maximum atomic E-state index is 12.0. The molecule has 0 aromatic rings. The molecule has 6 heteroatoms. The van der Waals surface area contributed by atoms with E-state index in [0.717, 1.165) is 38.9 Å². The fourth-order valence-corrected chi connectivity index (χ4v) is 4.21. The molecule has 7 atom stereocenters. The number of carbonyl (C=O) groups is 1. The van der Waals surface area contributed by atoms with Gasteiger partial charge in [-0.2, -0.15) is 0 Å². The molecule has 3 aliphatic heterocycles. The van der Waals surface area contributed by atoms with Crippen LogP contribution in [0, 0.1) is 5.92 Å². The van der Waals surface area contributed by atoms with Gasteiger partial charge in [-0.1, -0.05) is 36.8 Å². The molecule has 0 aromatic carbocycles. The zero-order valence-electron chi connectivity index (χ0n) is 18.7. The van der Waals surface area contributed by atoms with E-state index in [0.29, 0.717) is 5.92 Å². The first-order valence-corrected chi connectivity index (χ1v) is 11.2. The number of aliphatic hydroxyl groups excluding tert-OH is 1. The van der Waals surface area contributed by atoms with Crippen LogP contribution in [0.25, 0.3) is 0 Å². The van der Waals surface area contributed by atoms with Gasteiger partial charge in [0.1, 0.15) is 0 Å². The Morgan fingerprint density at radius 3 is 2.80 bits per heavy atom. The highest BCUT2D eigenvalue weighted by molar-refractivity contribution is 5.87. The van der Waals surface area contributed by atoms with Crippen molar-refractivity contribution in [2.24, 2.45) is 5.92 Å². The molecule has 1 spiro atoms. The molecule has 0 aliphatic carbocycles. The third kappa shape index (κ3) is 6.77. The highest BCUT2D eigenvalue weighted by atomic mass is 16.6. The zero-order chi connectivity index (χ0) is 21.7. The molecule has 168 valence electrons. The van der Waals surface area contributed by atoms with Gasteiger partial charge in [-0.05, 0) is 39.5 Å². The van der Waals surface area contributed by atoms with Crippen molar-refractivity contribution in [3.8, 4) is 0 Å². The lowest BCUT2D eigenvalue weighted by Gasteiger charge is -2.39. The van der Waals surface area contributed by atoms with Gasteiger partial charge in [0.05, 0.1) is 49.3 Å². The summed E-state index contributed by atoms with van der Waals surface area (Å²) >= 11 is 0. The minimum atomic E-state index is -0.629. The standard InChI is InChI=1S/C24H37NO5/c1-16(5-8-20-14-24(15-29-24)11-12-28-20)6-9-22-17(2)13-21(19(4)30-22)25-23(27)10-7-18(3)26/h5-8,10,17-22,26H,9,11-15H2,1-4H3,(H,25,27)/b8-5+,10-7-,16-6+. The number of epoxide rings is 1. The number of allylic oxidation sites excluding steroid dienone is 2. The Bertz CT molecular complexity index is 679. The molecule has 3 aliphatic rings. The summed E-state index contributed by atoms with van der Waals surface area (Å²) in [6.45, 7) is 9.56. The number of amides is 1. The van der Waals surface area contributed by atoms with Gasteiger partial charge in [-0.3, -0.25) is 4.79 Å². The largest absolute Gasteiger partial charge is 0.389 e. The third-order valence-corrected chi connectivity index (χ3v) is 6.33. The molecular formula is C24H37NO5. The van der Waals surface area contributed by atoms with Crippen molar-refractivity contribution < 1.29 is 24.1 Å². The van der Waals surface area contributed by atoms with Gasteiger partial charge in [0.15, 0.2) is 0 Å². The molecule has 0 radical (unpaired) electrons. The second-order valence-electron chi connectivity index (χ2n) is 9.19. The SMILES string of the molecule is CC(/C=C/C1CC2(CCO1)CO2)=C\CC1OC(C)C(NC(=O)/C=C\C(C)O)CC1C. The molecule has 0 bridgehead atoms. The predicted octanol–water partition coefficient (Wildman–Crippen LogP) is 3.06. The molecule has 0 aromatic heterocycles. The van der Waals surface area contributed by atoms with Gasteiger partial charge >= 0.3 is 0 Å². The van der Waals surface area contributed by atoms with E-state index in [2.05, 4.69) is 37.4 Å². The smallest absolute Gasteiger partial charge is 0.244 e. The molecule has 3 rings (SSSR count). The first-order valence-electron chi connectivity index (χ1n) is 11.2. The van der Waals surface area contributed by atoms with Gasteiger partial charge < -0.3 is 24.6 Å². The molecule has 3 heterocycles. The number of aliphatic hydroxyl groups is 1. The second-order valence-corrected chi connectivity index (χ2v) is 9.19. The van der Waals surface area contributed by atoms with Crippen LogP contribution >= 0.6 is 0 Å². The van der Waals surface area contributed by atoms with Crippen LogP contribution in [-0.2, 0) is 19.0 Å². The fourth-order valence-electron chi connectivity index (χ4n) is 4.21. The van der Waals surface area contributed by atoms with Gasteiger partial charge in [0, 0.05) is 18.9 Å². The van der Waals surface area contributed by atoms with E-state index in [1.807, 2.05) is 6.92 Å². The van der Waals surface area contributed by atoms with Crippen molar-refractivity contribution in [2.45, 2.75) is 89.4 Å². The lowest BCUT2D eigenvalue weighted by Crippen LogP contribution is -2.50. The van der Waals surface area contributed by atoms with Crippen LogP contribution in [0.4, 0.5) is 0 Å². The van der Waals surface area contributed by atoms with E-state index >= 15 is 0 Å². The van der Waals surface area contributed by atoms with Crippen LogP contribution in [-0.4, -0.2) is 60.3 Å². The van der Waals surface area contributed by atoms with Crippen molar-refractivity contribution in [1.82, 2.24) is 5.32 Å². The summed E-state index contributed by atoms with van der Waals surface area (Å²) in [6, 6.07) is -0.0206. The monoisotopic (exact) mass is 419 g/mol. The number of ether oxygens (including phenoxy) is 3. The minimum absolute atomic E-state index is 0.0206. The van der Waals surface area contributed by atoms with Gasteiger partial charge in [-0.25, -0.2) is 0 Å². The molecule has 7 unspecified atom stereocenters. The van der Waals surface area contributed by atoms with Gasteiger partial charge in [0.2, 0.25) is 5.91 Å². The summed E-state index contributed by atoms with van der Waals surface area (Å²) in [4.78, 5) is 12.0. The number of rotatable bonds is 7. The lowest BCUT2D eigenvalue weighted by molar-refractivity contribution is -0.123. The number of hydrogen-bond acceptors (Lipinski definition) is 5. The van der Waals surface area contributed by atoms with Crippen LogP contribution in [0.5, 0.6) is 0 Å². The Labute approximate surface area is 180 Å². The summed E-state index contributed by atoms with van der Waals surface area (Å²) in [7, 11) is 0. The maximum absolute atomic E-state index is 12.0. The summed E-state index contributed by atoms with van der Waals surface area (Å²) in [5, 5.41) is 12.3. The molecule has 2 N–H and O–H groups in total. The van der Waals surface area contributed by atoms with E-state index < -0.39 is 6.10 Å². The highest BCUT2D eigenvalue weighted by Crippen LogP contribution is 2.39. The van der Waals surface area contributed by atoms with Crippen LogP contribution in [0.2, 0.25) is 0 Å². The number of carbonyl (C=O) groups excluding carboxylic acids is 1. The van der Waals surface area contributed by atoms with Crippen LogP contribution in [0.3, 0.4) is 0 Å². The van der Waals surface area contributed by atoms with Crippen LogP contribution in [0.15, 0.2) is 36.0 Å². The van der Waals surface area contributed by atoms with E-state index in [1.54, 1.807) is 6.92 Å². The topological polar surface area (TPSA) is 80.3 Å². The van der Waals surface area contributed by atoms with E-state index in [-0.39, 0.29) is 35.9 Å². The number of hydrogen-bond donors (Lipinski definition) is 2. The van der Waals surface area contributed by atoms with Crippen LogP contribution in [0.1, 0.15) is 53.4 Å². The van der Waals surface area contributed by atoms with Crippen molar-refractivity contribution in [3.05, 3.63) is 36.0 Å². The molecule has 3 saturated heterocycles. The van der Waals surface area contributed by atoms with E-state index in [9.17, 15) is 9.90 Å². The summed E-state index contributed by atoms with van der Waals surface area (Å²) < 4.78 is 17.6. The molecule has 30 heavy (non-hydrogen) atoms. The zero-order valence-corrected chi connectivity index (χ0v) is 18.7. The Balaban J connectivity index is 1.45.